The summed E-state index contributed by atoms with van der Waals surface area (Å²) in [6.45, 7) is 14.1. The number of aryl methyl sites for hydroxylation is 2. The maximum Gasteiger partial charge on any atom is 0.139 e. The molecule has 1 aromatic carbocycles. The molecule has 5 heteroatoms. The summed E-state index contributed by atoms with van der Waals surface area (Å²) in [6.07, 6.45) is 8.89. The van der Waals surface area contributed by atoms with Crippen molar-refractivity contribution in [3.05, 3.63) is 90.0 Å². The first kappa shape index (κ1) is 20.9. The lowest BCUT2D eigenvalue weighted by Crippen LogP contribution is -2.38. The summed E-state index contributed by atoms with van der Waals surface area (Å²) in [5.74, 6) is 0. The van der Waals surface area contributed by atoms with Crippen molar-refractivity contribution >= 4 is 22.8 Å². The summed E-state index contributed by atoms with van der Waals surface area (Å²) in [4.78, 5) is 12.3. The molecule has 0 saturated carbocycles. The highest BCUT2D eigenvalue weighted by Crippen LogP contribution is 2.35. The van der Waals surface area contributed by atoms with Crippen molar-refractivity contribution < 1.29 is 5.11 Å². The van der Waals surface area contributed by atoms with E-state index >= 15 is 0 Å². The predicted octanol–water partition coefficient (Wildman–Crippen LogP) is 4.79. The lowest BCUT2D eigenvalue weighted by Gasteiger charge is -2.34. The third kappa shape index (κ3) is 4.01. The fourth-order valence-corrected chi connectivity index (χ4v) is 4.46. The molecule has 0 bridgehead atoms. The van der Waals surface area contributed by atoms with Gasteiger partial charge in [-0.3, -0.25) is 0 Å². The fourth-order valence-electron chi connectivity index (χ4n) is 4.46. The van der Waals surface area contributed by atoms with E-state index in [0.717, 1.165) is 47.5 Å². The lowest BCUT2D eigenvalue weighted by molar-refractivity contribution is 0.324. The SMILES string of the molecule is C=C/C(=C\c1ccccc1C)N1CCC(N(C(=C)CO)c2c(C)cnc3[nH]ccc23)C1. The Morgan fingerprint density at radius 2 is 2.10 bits per heavy atom. The van der Waals surface area contributed by atoms with Crippen molar-refractivity contribution in [2.75, 3.05) is 24.6 Å². The molecule has 1 aliphatic heterocycles. The van der Waals surface area contributed by atoms with Crippen LogP contribution in [0.4, 0.5) is 5.69 Å². The van der Waals surface area contributed by atoms with Crippen LogP contribution in [0, 0.1) is 13.8 Å². The first-order valence-electron chi connectivity index (χ1n) is 10.7. The number of fused-ring (bicyclic) bond motifs is 1. The number of anilines is 1. The van der Waals surface area contributed by atoms with Gasteiger partial charge in [-0.15, -0.1) is 0 Å². The number of allylic oxidation sites excluding steroid dienone is 1. The van der Waals surface area contributed by atoms with E-state index in [2.05, 4.69) is 77.1 Å². The molecule has 160 valence electrons. The summed E-state index contributed by atoms with van der Waals surface area (Å²) < 4.78 is 0. The van der Waals surface area contributed by atoms with Gasteiger partial charge in [0.2, 0.25) is 0 Å². The average molecular weight is 415 g/mol. The first-order chi connectivity index (χ1) is 15.0. The third-order valence-corrected chi connectivity index (χ3v) is 6.10. The van der Waals surface area contributed by atoms with E-state index in [1.165, 1.54) is 11.1 Å². The van der Waals surface area contributed by atoms with Crippen molar-refractivity contribution in [3.63, 3.8) is 0 Å². The Morgan fingerprint density at radius 1 is 1.29 bits per heavy atom. The Balaban J connectivity index is 1.67. The molecule has 2 N–H and O–H groups in total. The number of hydrogen-bond acceptors (Lipinski definition) is 4. The number of nitrogens with zero attached hydrogens (tertiary/aromatic N) is 3. The van der Waals surface area contributed by atoms with E-state index in [1.807, 2.05) is 24.5 Å². The van der Waals surface area contributed by atoms with Crippen molar-refractivity contribution in [1.82, 2.24) is 14.9 Å². The molecular formula is C26H30N4O. The largest absolute Gasteiger partial charge is 0.390 e. The van der Waals surface area contributed by atoms with Gasteiger partial charge < -0.3 is 19.9 Å². The first-order valence-corrected chi connectivity index (χ1v) is 10.7. The van der Waals surface area contributed by atoms with Gasteiger partial charge >= 0.3 is 0 Å². The van der Waals surface area contributed by atoms with Crippen LogP contribution < -0.4 is 4.90 Å². The molecule has 3 aromatic rings. The number of rotatable bonds is 7. The summed E-state index contributed by atoms with van der Waals surface area (Å²) in [6, 6.07) is 10.6. The molecule has 5 nitrogen and oxygen atoms in total. The molecule has 1 unspecified atom stereocenters. The van der Waals surface area contributed by atoms with E-state index in [4.69, 9.17) is 0 Å². The summed E-state index contributed by atoms with van der Waals surface area (Å²) in [5.41, 5.74) is 7.25. The van der Waals surface area contributed by atoms with E-state index in [-0.39, 0.29) is 12.6 Å². The monoisotopic (exact) mass is 414 g/mol. The second kappa shape index (κ2) is 8.82. The van der Waals surface area contributed by atoms with Gasteiger partial charge in [-0.05, 0) is 55.2 Å². The standard InChI is InChI=1S/C26H30N4O/c1-5-22(14-21-9-7-6-8-18(21)2)29-13-11-23(16-29)30(20(4)17-31)25-19(3)15-28-26-24(25)10-12-27-26/h5-10,12,14-15,23,31H,1,4,11,13,16-17H2,2-3H3,(H,27,28)/b22-14+. The quantitative estimate of drug-likeness (QED) is 0.546. The zero-order chi connectivity index (χ0) is 22.0. The average Bonchev–Trinajstić information content (AvgIpc) is 3.44. The molecule has 1 atom stereocenters. The number of hydrogen-bond donors (Lipinski definition) is 2. The number of pyridine rings is 1. The van der Waals surface area contributed by atoms with Crippen LogP contribution in [0.2, 0.25) is 0 Å². The van der Waals surface area contributed by atoms with Crippen LogP contribution in [0.1, 0.15) is 23.1 Å². The van der Waals surface area contributed by atoms with E-state index in [0.29, 0.717) is 5.70 Å². The third-order valence-electron chi connectivity index (χ3n) is 6.10. The molecule has 0 aliphatic carbocycles. The number of aromatic amines is 1. The number of likely N-dealkylation sites (tertiary alicyclic amines) is 1. The normalized spacial score (nSPS) is 16.7. The Hall–Kier alpha value is -3.31. The molecule has 0 radical (unpaired) electrons. The molecule has 0 spiro atoms. The van der Waals surface area contributed by atoms with Crippen molar-refractivity contribution in [2.45, 2.75) is 26.3 Å². The van der Waals surface area contributed by atoms with Crippen LogP contribution in [-0.2, 0) is 0 Å². The van der Waals surface area contributed by atoms with Gasteiger partial charge in [0.1, 0.15) is 5.65 Å². The molecule has 0 amide bonds. The van der Waals surface area contributed by atoms with E-state index < -0.39 is 0 Å². The van der Waals surface area contributed by atoms with Crippen molar-refractivity contribution in [2.24, 2.45) is 0 Å². The van der Waals surface area contributed by atoms with E-state index in [9.17, 15) is 5.11 Å². The Morgan fingerprint density at radius 3 is 2.84 bits per heavy atom. The zero-order valence-corrected chi connectivity index (χ0v) is 18.3. The maximum atomic E-state index is 9.98. The highest BCUT2D eigenvalue weighted by Gasteiger charge is 2.31. The fraction of sp³-hybridized carbons (Fsp3) is 0.269. The van der Waals surface area contributed by atoms with Crippen LogP contribution >= 0.6 is 0 Å². The molecule has 31 heavy (non-hydrogen) atoms. The zero-order valence-electron chi connectivity index (χ0n) is 18.3. The number of H-pyrrole nitrogens is 1. The second-order valence-corrected chi connectivity index (χ2v) is 8.14. The summed E-state index contributed by atoms with van der Waals surface area (Å²) in [5, 5.41) is 11.0. The summed E-state index contributed by atoms with van der Waals surface area (Å²) in [7, 11) is 0. The van der Waals surface area contributed by atoms with Gasteiger partial charge in [0.25, 0.3) is 0 Å². The molecular weight excluding hydrogens is 384 g/mol. The van der Waals surface area contributed by atoms with Gasteiger partial charge in [-0.1, -0.05) is 37.4 Å². The Kier molecular flexibility index (Phi) is 5.96. The second-order valence-electron chi connectivity index (χ2n) is 8.14. The minimum absolute atomic E-state index is 0.0858. The van der Waals surface area contributed by atoms with Crippen molar-refractivity contribution in [3.8, 4) is 0 Å². The van der Waals surface area contributed by atoms with Gasteiger partial charge in [0, 0.05) is 42.3 Å². The molecule has 1 fully saturated rings. The van der Waals surface area contributed by atoms with E-state index in [1.54, 1.807) is 0 Å². The molecule has 2 aromatic heterocycles. The Bertz CT molecular complexity index is 1140. The topological polar surface area (TPSA) is 55.4 Å². The smallest absolute Gasteiger partial charge is 0.139 e. The highest BCUT2D eigenvalue weighted by atomic mass is 16.3. The number of aromatic nitrogens is 2. The number of aliphatic hydroxyl groups excluding tert-OH is 1. The van der Waals surface area contributed by atoms with Crippen molar-refractivity contribution in [1.29, 1.82) is 0 Å². The predicted molar refractivity (Wildman–Crippen MR) is 129 cm³/mol. The minimum atomic E-state index is -0.0858. The van der Waals surface area contributed by atoms with Crippen LogP contribution in [0.3, 0.4) is 0 Å². The van der Waals surface area contributed by atoms with Gasteiger partial charge in [0.05, 0.1) is 18.3 Å². The number of benzene rings is 1. The van der Waals surface area contributed by atoms with Crippen LogP contribution in [-0.4, -0.2) is 45.7 Å². The van der Waals surface area contributed by atoms with Gasteiger partial charge in [0.15, 0.2) is 0 Å². The number of nitrogens with one attached hydrogen (secondary N) is 1. The Labute approximate surface area is 184 Å². The minimum Gasteiger partial charge on any atom is -0.390 e. The molecule has 3 heterocycles. The van der Waals surface area contributed by atoms with Gasteiger partial charge in [-0.2, -0.15) is 0 Å². The van der Waals surface area contributed by atoms with Crippen LogP contribution in [0.15, 0.2) is 73.4 Å². The summed E-state index contributed by atoms with van der Waals surface area (Å²) >= 11 is 0. The maximum absolute atomic E-state index is 9.98. The molecule has 1 saturated heterocycles. The van der Waals surface area contributed by atoms with Crippen LogP contribution in [0.5, 0.6) is 0 Å². The lowest BCUT2D eigenvalue weighted by atomic mass is 10.1. The van der Waals surface area contributed by atoms with Gasteiger partial charge in [-0.25, -0.2) is 4.98 Å². The highest BCUT2D eigenvalue weighted by molar-refractivity contribution is 5.92. The molecule has 4 rings (SSSR count). The number of aliphatic hydroxyl groups is 1. The molecule has 1 aliphatic rings. The van der Waals surface area contributed by atoms with Crippen LogP contribution in [0.25, 0.3) is 17.1 Å².